The predicted molar refractivity (Wildman–Crippen MR) is 106 cm³/mol. The van der Waals surface area contributed by atoms with Crippen LogP contribution in [0.25, 0.3) is 0 Å². The van der Waals surface area contributed by atoms with E-state index in [0.29, 0.717) is 13.0 Å². The lowest BCUT2D eigenvalue weighted by Crippen LogP contribution is -2.32. The van der Waals surface area contributed by atoms with Crippen molar-refractivity contribution in [1.29, 1.82) is 0 Å². The average molecular weight is 402 g/mol. The van der Waals surface area contributed by atoms with Gasteiger partial charge < -0.3 is 28.0 Å². The first kappa shape index (κ1) is 25.2. The van der Waals surface area contributed by atoms with E-state index >= 15 is 0 Å². The molecule has 0 saturated carbocycles. The lowest BCUT2D eigenvalue weighted by molar-refractivity contribution is -0.0292. The van der Waals surface area contributed by atoms with Crippen LogP contribution < -0.4 is 0 Å². The van der Waals surface area contributed by atoms with E-state index in [2.05, 4.69) is 13.8 Å². The highest BCUT2D eigenvalue weighted by atomic mass is 31.2. The van der Waals surface area contributed by atoms with Gasteiger partial charge in [-0.3, -0.25) is 4.57 Å². The minimum absolute atomic E-state index is 0.0724. The Balaban J connectivity index is 0.00000114. The Morgan fingerprint density at radius 1 is 1.11 bits per heavy atom. The molecule has 0 aromatic rings. The van der Waals surface area contributed by atoms with Crippen LogP contribution in [0, 0.1) is 5.92 Å². The van der Waals surface area contributed by atoms with Gasteiger partial charge in [-0.25, -0.2) is 0 Å². The Morgan fingerprint density at radius 3 is 2.30 bits per heavy atom. The number of hydrogen-bond acceptors (Lipinski definition) is 7. The van der Waals surface area contributed by atoms with Crippen LogP contribution in [-0.2, 0) is 32.6 Å². The van der Waals surface area contributed by atoms with Crippen molar-refractivity contribution in [3.05, 3.63) is 0 Å². The van der Waals surface area contributed by atoms with E-state index in [1.807, 2.05) is 6.92 Å². The van der Waals surface area contributed by atoms with Crippen molar-refractivity contribution in [1.82, 2.24) is 0 Å². The zero-order valence-electron chi connectivity index (χ0n) is 17.3. The van der Waals surface area contributed by atoms with Crippen molar-refractivity contribution in [2.75, 3.05) is 34.1 Å². The van der Waals surface area contributed by atoms with Crippen LogP contribution in [-0.4, -0.2) is 86.2 Å². The van der Waals surface area contributed by atoms with E-state index in [1.165, 1.54) is 13.1 Å². The van der Waals surface area contributed by atoms with Crippen molar-refractivity contribution >= 4 is 23.3 Å². The van der Waals surface area contributed by atoms with E-state index < -0.39 is 25.7 Å². The second-order valence-corrected chi connectivity index (χ2v) is 9.03. The van der Waals surface area contributed by atoms with Crippen molar-refractivity contribution < 1.29 is 32.6 Å². The molecule has 2 saturated heterocycles. The molecule has 2 aliphatic rings. The van der Waals surface area contributed by atoms with Crippen LogP contribution >= 0.6 is 7.60 Å². The molecule has 27 heavy (non-hydrogen) atoms. The molecule has 0 amide bonds. The molecule has 2 aliphatic heterocycles. The number of hydrogen-bond donors (Lipinski definition) is 0. The summed E-state index contributed by atoms with van der Waals surface area (Å²) in [6.07, 6.45) is 0.387. The summed E-state index contributed by atoms with van der Waals surface area (Å²) < 4.78 is 45.4. The smallest absolute Gasteiger partial charge is 0.328 e. The fraction of sp³-hybridized carbons (Fsp3) is 1.00. The van der Waals surface area contributed by atoms with E-state index in [1.54, 1.807) is 14.2 Å². The van der Waals surface area contributed by atoms with Gasteiger partial charge in [0.25, 0.3) is 0 Å². The summed E-state index contributed by atoms with van der Waals surface area (Å²) in [5.74, 6) is -0.134. The van der Waals surface area contributed by atoms with Gasteiger partial charge in [0.1, 0.15) is 27.9 Å². The summed E-state index contributed by atoms with van der Waals surface area (Å²) in [5, 5.41) is 0. The highest BCUT2D eigenvalue weighted by molar-refractivity contribution is 7.53. The average Bonchev–Trinajstić information content (AvgIpc) is 3.08. The molecule has 0 aliphatic carbocycles. The fourth-order valence-electron chi connectivity index (χ4n) is 2.99. The maximum Gasteiger partial charge on any atom is 0.328 e. The van der Waals surface area contributed by atoms with Crippen LogP contribution in [0.5, 0.6) is 0 Å². The first-order chi connectivity index (χ1) is 12.7. The van der Waals surface area contributed by atoms with E-state index in [-0.39, 0.29) is 30.8 Å². The van der Waals surface area contributed by atoms with Crippen LogP contribution in [0.4, 0.5) is 0 Å². The molecular weight excluding hydrogens is 369 g/mol. The molecule has 2 rings (SSSR count). The molecule has 0 aromatic carbocycles. The summed E-state index contributed by atoms with van der Waals surface area (Å²) >= 11 is 0. The number of rotatable bonds is 8. The van der Waals surface area contributed by atoms with Crippen molar-refractivity contribution in [3.8, 4) is 0 Å². The highest BCUT2D eigenvalue weighted by Crippen LogP contribution is 2.49. The third kappa shape index (κ3) is 7.81. The highest BCUT2D eigenvalue weighted by Gasteiger charge is 2.43. The Morgan fingerprint density at radius 2 is 1.74 bits per heavy atom. The van der Waals surface area contributed by atoms with Gasteiger partial charge in [0.15, 0.2) is 0 Å². The van der Waals surface area contributed by atoms with Gasteiger partial charge in [0.2, 0.25) is 0 Å². The van der Waals surface area contributed by atoms with Gasteiger partial charge >= 0.3 is 7.60 Å². The molecular formula is C17H33B2O7P. The zero-order chi connectivity index (χ0) is 20.6. The van der Waals surface area contributed by atoms with Gasteiger partial charge in [-0.05, 0) is 6.42 Å². The standard InChI is InChI=1S/C14H25B2O7P.C3H8/c1-8-13(11(6-18-2)22-14(8)16)23-24(4,17)20-7-10-9(19-3)5-12(15)21-10;1-3-2/h8-14H,5-7H2,1-4H3;3H2,1-2H3. The number of methoxy groups -OCH3 is 2. The van der Waals surface area contributed by atoms with Crippen LogP contribution in [0.15, 0.2) is 0 Å². The van der Waals surface area contributed by atoms with Crippen molar-refractivity contribution in [3.63, 3.8) is 0 Å². The normalized spacial score (nSPS) is 38.2. The molecule has 0 N–H and O–H groups in total. The van der Waals surface area contributed by atoms with Gasteiger partial charge in [0, 0.05) is 38.8 Å². The van der Waals surface area contributed by atoms with E-state index in [4.69, 9.17) is 43.7 Å². The van der Waals surface area contributed by atoms with Crippen molar-refractivity contribution in [2.45, 2.75) is 70.0 Å². The largest absolute Gasteiger partial charge is 0.382 e. The van der Waals surface area contributed by atoms with Gasteiger partial charge in [-0.1, -0.05) is 27.2 Å². The van der Waals surface area contributed by atoms with E-state index in [0.717, 1.165) is 0 Å². The fourth-order valence-corrected chi connectivity index (χ4v) is 4.24. The zero-order valence-corrected chi connectivity index (χ0v) is 18.2. The van der Waals surface area contributed by atoms with Crippen LogP contribution in [0.3, 0.4) is 0 Å². The second-order valence-electron chi connectivity index (χ2n) is 7.02. The topological polar surface area (TPSA) is 72.5 Å². The van der Waals surface area contributed by atoms with E-state index in [9.17, 15) is 4.57 Å². The summed E-state index contributed by atoms with van der Waals surface area (Å²) in [5.41, 5.74) is 0. The number of ether oxygens (including phenoxy) is 4. The maximum absolute atomic E-state index is 12.7. The summed E-state index contributed by atoms with van der Waals surface area (Å²) in [7, 11) is 11.4. The first-order valence-electron chi connectivity index (χ1n) is 9.43. The molecule has 10 heteroatoms. The SMILES string of the molecule is CCC.[B]C1CC(OC)C(COP(C)(=O)OC2C(COC)OC([B])C2C)O1. The quantitative estimate of drug-likeness (QED) is 0.455. The van der Waals surface area contributed by atoms with Crippen molar-refractivity contribution in [2.24, 2.45) is 5.92 Å². The Kier molecular flexibility index (Phi) is 11.1. The molecule has 7 nitrogen and oxygen atoms in total. The molecule has 8 unspecified atom stereocenters. The molecule has 0 bridgehead atoms. The third-order valence-electron chi connectivity index (χ3n) is 4.38. The second kappa shape index (κ2) is 12.0. The maximum atomic E-state index is 12.7. The summed E-state index contributed by atoms with van der Waals surface area (Å²) in [4.78, 5) is 0. The van der Waals surface area contributed by atoms with Gasteiger partial charge in [-0.15, -0.1) is 0 Å². The molecule has 2 heterocycles. The molecule has 8 atom stereocenters. The lowest BCUT2D eigenvalue weighted by Gasteiger charge is -2.26. The third-order valence-corrected chi connectivity index (χ3v) is 5.63. The minimum Gasteiger partial charge on any atom is -0.382 e. The summed E-state index contributed by atoms with van der Waals surface area (Å²) in [6.45, 7) is 7.92. The molecule has 154 valence electrons. The monoisotopic (exact) mass is 402 g/mol. The van der Waals surface area contributed by atoms with Gasteiger partial charge in [0.05, 0.1) is 25.4 Å². The minimum atomic E-state index is -3.34. The molecule has 0 spiro atoms. The van der Waals surface area contributed by atoms with Crippen LogP contribution in [0.1, 0.15) is 33.6 Å². The Hall–Kier alpha value is 0.120. The Bertz CT molecular complexity index is 471. The first-order valence-corrected chi connectivity index (χ1v) is 11.4. The summed E-state index contributed by atoms with van der Waals surface area (Å²) in [6, 6.07) is -0.905. The molecule has 0 aromatic heterocycles. The molecule has 4 radical (unpaired) electrons. The van der Waals surface area contributed by atoms with Crippen LogP contribution in [0.2, 0.25) is 0 Å². The molecule has 2 fully saturated rings. The van der Waals surface area contributed by atoms with Gasteiger partial charge in [-0.2, -0.15) is 0 Å². The Labute approximate surface area is 166 Å². The lowest BCUT2D eigenvalue weighted by atomic mass is 9.86. The predicted octanol–water partition coefficient (Wildman–Crippen LogP) is 2.10.